The third-order valence-corrected chi connectivity index (χ3v) is 5.65. The molecule has 34 heavy (non-hydrogen) atoms. The van der Waals surface area contributed by atoms with Crippen LogP contribution < -0.4 is 25.6 Å². The minimum Gasteiger partial charge on any atom is -0.495 e. The molecule has 176 valence electrons. The van der Waals surface area contributed by atoms with Gasteiger partial charge < -0.3 is 25.6 Å². The Hall–Kier alpha value is -4.07. The summed E-state index contributed by atoms with van der Waals surface area (Å²) >= 11 is 0. The van der Waals surface area contributed by atoms with Gasteiger partial charge in [0, 0.05) is 25.2 Å². The molecular formula is C26H27FN4O3. The summed E-state index contributed by atoms with van der Waals surface area (Å²) < 4.78 is 18.7. The number of halogens is 1. The van der Waals surface area contributed by atoms with E-state index in [1.165, 1.54) is 19.2 Å². The topological polar surface area (TPSA) is 82.7 Å². The lowest BCUT2D eigenvalue weighted by atomic mass is 10.1. The van der Waals surface area contributed by atoms with Crippen molar-refractivity contribution in [2.45, 2.75) is 19.4 Å². The number of para-hydroxylation sites is 2. The van der Waals surface area contributed by atoms with Crippen LogP contribution >= 0.6 is 0 Å². The van der Waals surface area contributed by atoms with Gasteiger partial charge in [-0.25, -0.2) is 9.18 Å². The number of hydrogen-bond donors (Lipinski definition) is 3. The van der Waals surface area contributed by atoms with Gasteiger partial charge in [0.2, 0.25) is 0 Å². The maximum Gasteiger partial charge on any atom is 0.323 e. The van der Waals surface area contributed by atoms with E-state index in [4.69, 9.17) is 4.74 Å². The molecule has 7 nitrogen and oxygen atoms in total. The minimum absolute atomic E-state index is 0.196. The molecule has 0 bridgehead atoms. The van der Waals surface area contributed by atoms with Gasteiger partial charge in [0.1, 0.15) is 11.6 Å². The average Bonchev–Trinajstić information content (AvgIpc) is 3.37. The number of carbonyl (C=O) groups excluding carboxylic acids is 2. The summed E-state index contributed by atoms with van der Waals surface area (Å²) in [4.78, 5) is 27.8. The molecule has 4 rings (SSSR count). The zero-order valence-corrected chi connectivity index (χ0v) is 18.9. The largest absolute Gasteiger partial charge is 0.495 e. The van der Waals surface area contributed by atoms with Crippen molar-refractivity contribution in [2.24, 2.45) is 0 Å². The second-order valence-corrected chi connectivity index (χ2v) is 8.02. The zero-order valence-electron chi connectivity index (χ0n) is 18.9. The quantitative estimate of drug-likeness (QED) is 0.461. The van der Waals surface area contributed by atoms with E-state index in [-0.39, 0.29) is 18.3 Å². The van der Waals surface area contributed by atoms with Crippen molar-refractivity contribution in [3.8, 4) is 5.75 Å². The molecule has 3 amide bonds. The number of carbonyl (C=O) groups is 2. The van der Waals surface area contributed by atoms with E-state index in [1.807, 2.05) is 12.1 Å². The highest BCUT2D eigenvalue weighted by molar-refractivity contribution is 6.04. The highest BCUT2D eigenvalue weighted by Gasteiger charge is 2.19. The maximum absolute atomic E-state index is 13.4. The summed E-state index contributed by atoms with van der Waals surface area (Å²) in [6, 6.07) is 18.0. The molecule has 8 heteroatoms. The molecule has 0 unspecified atom stereocenters. The summed E-state index contributed by atoms with van der Waals surface area (Å²) in [5.41, 5.74) is 2.99. The number of ether oxygens (including phenoxy) is 1. The number of urea groups is 1. The van der Waals surface area contributed by atoms with Gasteiger partial charge in [0.25, 0.3) is 5.91 Å². The lowest BCUT2D eigenvalue weighted by Gasteiger charge is -2.22. The summed E-state index contributed by atoms with van der Waals surface area (Å²) in [6.07, 6.45) is 2.14. The minimum atomic E-state index is -0.442. The number of benzene rings is 3. The number of rotatable bonds is 7. The van der Waals surface area contributed by atoms with Gasteiger partial charge in [0.05, 0.1) is 24.2 Å². The Labute approximate surface area is 197 Å². The SMILES string of the molecule is COc1ccccc1NC(=O)Nc1cc(C(=O)NCc2cccc(F)c2)ccc1N1CCCC1. The fraction of sp³-hybridized carbons (Fsp3) is 0.231. The van der Waals surface area contributed by atoms with Crippen LogP contribution in [0.2, 0.25) is 0 Å². The monoisotopic (exact) mass is 462 g/mol. The first-order valence-electron chi connectivity index (χ1n) is 11.2. The molecule has 0 atom stereocenters. The van der Waals surface area contributed by atoms with E-state index >= 15 is 0 Å². The zero-order chi connectivity index (χ0) is 23.9. The van der Waals surface area contributed by atoms with Crippen molar-refractivity contribution >= 4 is 29.0 Å². The van der Waals surface area contributed by atoms with Gasteiger partial charge in [-0.05, 0) is 60.9 Å². The fourth-order valence-corrected chi connectivity index (χ4v) is 3.97. The highest BCUT2D eigenvalue weighted by atomic mass is 19.1. The Balaban J connectivity index is 1.52. The van der Waals surface area contributed by atoms with Crippen molar-refractivity contribution in [2.75, 3.05) is 35.7 Å². The molecule has 3 aromatic carbocycles. The van der Waals surface area contributed by atoms with Crippen LogP contribution in [0.1, 0.15) is 28.8 Å². The van der Waals surface area contributed by atoms with Crippen molar-refractivity contribution < 1.29 is 18.7 Å². The van der Waals surface area contributed by atoms with Gasteiger partial charge in [-0.15, -0.1) is 0 Å². The van der Waals surface area contributed by atoms with Crippen LogP contribution in [0.4, 0.5) is 26.2 Å². The van der Waals surface area contributed by atoms with E-state index in [0.29, 0.717) is 28.3 Å². The molecule has 1 saturated heterocycles. The highest BCUT2D eigenvalue weighted by Crippen LogP contribution is 2.31. The third kappa shape index (κ3) is 5.64. The molecule has 0 aromatic heterocycles. The van der Waals surface area contributed by atoms with Crippen molar-refractivity contribution in [1.29, 1.82) is 0 Å². The van der Waals surface area contributed by atoms with Crippen LogP contribution in [-0.4, -0.2) is 32.1 Å². The van der Waals surface area contributed by atoms with Crippen LogP contribution in [0.15, 0.2) is 66.7 Å². The molecule has 3 N–H and O–H groups in total. The molecule has 0 radical (unpaired) electrons. The maximum atomic E-state index is 13.4. The molecule has 1 aliphatic rings. The standard InChI is InChI=1S/C26H27FN4O3/c1-34-24-10-3-2-9-21(24)29-26(33)30-22-16-19(11-12-23(22)31-13-4-5-14-31)25(32)28-17-18-7-6-8-20(27)15-18/h2-3,6-12,15-16H,4-5,13-14,17H2,1H3,(H,28,32)(H2,29,30,33). The number of methoxy groups -OCH3 is 1. The first-order valence-corrected chi connectivity index (χ1v) is 11.2. The van der Waals surface area contributed by atoms with E-state index in [0.717, 1.165) is 31.6 Å². The normalized spacial score (nSPS) is 12.8. The van der Waals surface area contributed by atoms with Gasteiger partial charge in [0.15, 0.2) is 0 Å². The van der Waals surface area contributed by atoms with Gasteiger partial charge in [-0.3, -0.25) is 4.79 Å². The van der Waals surface area contributed by atoms with E-state index in [9.17, 15) is 14.0 Å². The Morgan fingerprint density at radius 1 is 0.941 bits per heavy atom. The number of hydrogen-bond acceptors (Lipinski definition) is 4. The van der Waals surface area contributed by atoms with E-state index < -0.39 is 6.03 Å². The van der Waals surface area contributed by atoms with Crippen LogP contribution in [0.25, 0.3) is 0 Å². The number of nitrogens with zero attached hydrogens (tertiary/aromatic N) is 1. The lowest BCUT2D eigenvalue weighted by Crippen LogP contribution is -2.26. The molecule has 1 fully saturated rings. The van der Waals surface area contributed by atoms with Crippen molar-refractivity contribution in [3.05, 3.63) is 83.7 Å². The molecule has 0 saturated carbocycles. The van der Waals surface area contributed by atoms with E-state index in [2.05, 4.69) is 20.9 Å². The molecule has 0 spiro atoms. The molecule has 0 aliphatic carbocycles. The lowest BCUT2D eigenvalue weighted by molar-refractivity contribution is 0.0951. The summed E-state index contributed by atoms with van der Waals surface area (Å²) in [7, 11) is 1.54. The molecule has 1 heterocycles. The van der Waals surface area contributed by atoms with Gasteiger partial charge in [-0.2, -0.15) is 0 Å². The van der Waals surface area contributed by atoms with Gasteiger partial charge >= 0.3 is 6.03 Å². The second-order valence-electron chi connectivity index (χ2n) is 8.02. The molecule has 3 aromatic rings. The molecular weight excluding hydrogens is 435 g/mol. The first-order chi connectivity index (χ1) is 16.5. The predicted molar refractivity (Wildman–Crippen MR) is 131 cm³/mol. The predicted octanol–water partition coefficient (Wildman–Crippen LogP) is 5.01. The smallest absolute Gasteiger partial charge is 0.323 e. The summed E-state index contributed by atoms with van der Waals surface area (Å²) in [5.74, 6) is -0.123. The van der Waals surface area contributed by atoms with Crippen molar-refractivity contribution in [1.82, 2.24) is 5.32 Å². The Morgan fingerprint density at radius 2 is 1.71 bits per heavy atom. The fourth-order valence-electron chi connectivity index (χ4n) is 3.97. The first kappa shape index (κ1) is 23.1. The number of nitrogens with one attached hydrogen (secondary N) is 3. The Morgan fingerprint density at radius 3 is 2.47 bits per heavy atom. The Bertz CT molecular complexity index is 1180. The van der Waals surface area contributed by atoms with Crippen molar-refractivity contribution in [3.63, 3.8) is 0 Å². The number of anilines is 3. The van der Waals surface area contributed by atoms with Crippen LogP contribution in [0.5, 0.6) is 5.75 Å². The van der Waals surface area contributed by atoms with Gasteiger partial charge in [-0.1, -0.05) is 24.3 Å². The second kappa shape index (κ2) is 10.7. The van der Waals surface area contributed by atoms with E-state index in [1.54, 1.807) is 42.5 Å². The average molecular weight is 463 g/mol. The van der Waals surface area contributed by atoms with Crippen LogP contribution in [0.3, 0.4) is 0 Å². The summed E-state index contributed by atoms with van der Waals surface area (Å²) in [5, 5.41) is 8.49. The Kier molecular flexibility index (Phi) is 7.27. The number of amides is 3. The van der Waals surface area contributed by atoms with Crippen LogP contribution in [0, 0.1) is 5.82 Å². The summed E-state index contributed by atoms with van der Waals surface area (Å²) in [6.45, 7) is 1.96. The molecule has 1 aliphatic heterocycles. The third-order valence-electron chi connectivity index (χ3n) is 5.65. The van der Waals surface area contributed by atoms with Crippen LogP contribution in [-0.2, 0) is 6.54 Å².